The van der Waals surface area contributed by atoms with Gasteiger partial charge in [0.2, 0.25) is 0 Å². The van der Waals surface area contributed by atoms with E-state index in [-0.39, 0.29) is 11.6 Å². The van der Waals surface area contributed by atoms with Gasteiger partial charge >= 0.3 is 6.09 Å². The predicted octanol–water partition coefficient (Wildman–Crippen LogP) is 2.41. The van der Waals surface area contributed by atoms with E-state index in [1.54, 1.807) is 0 Å². The molecule has 0 unspecified atom stereocenters. The van der Waals surface area contributed by atoms with Crippen molar-refractivity contribution in [2.75, 3.05) is 13.2 Å². The van der Waals surface area contributed by atoms with E-state index in [9.17, 15) is 9.90 Å². The van der Waals surface area contributed by atoms with Crippen molar-refractivity contribution in [3.8, 4) is 0 Å². The molecule has 1 amide bonds. The lowest BCUT2D eigenvalue weighted by atomic mass is 10.2. The molecule has 6 heteroatoms. The molecule has 0 aliphatic heterocycles. The smallest absolute Gasteiger partial charge is 0.404 e. The van der Waals surface area contributed by atoms with Crippen molar-refractivity contribution in [3.05, 3.63) is 60.7 Å². The molecule has 0 aliphatic carbocycles. The number of benzene rings is 2. The zero-order valence-electron chi connectivity index (χ0n) is 16.2. The van der Waals surface area contributed by atoms with Crippen LogP contribution < -0.4 is 16.1 Å². The van der Waals surface area contributed by atoms with E-state index >= 15 is 0 Å². The monoisotopic (exact) mass is 387 g/mol. The van der Waals surface area contributed by atoms with Crippen LogP contribution in [0.25, 0.3) is 0 Å². The number of hydrogen-bond acceptors (Lipinski definition) is 4. The Morgan fingerprint density at radius 1 is 1.04 bits per heavy atom. The number of rotatable bonds is 8. The second-order valence-electron chi connectivity index (χ2n) is 7.54. The van der Waals surface area contributed by atoms with E-state index in [1.807, 2.05) is 36.4 Å². The van der Waals surface area contributed by atoms with Crippen LogP contribution in [0, 0.1) is 0 Å². The highest BCUT2D eigenvalue weighted by Crippen LogP contribution is 2.36. The summed E-state index contributed by atoms with van der Waals surface area (Å²) in [5.74, 6) is 0. The fourth-order valence-corrected chi connectivity index (χ4v) is 8.04. The van der Waals surface area contributed by atoms with Crippen molar-refractivity contribution in [2.45, 2.75) is 38.3 Å². The normalized spacial score (nSPS) is 13.2. The van der Waals surface area contributed by atoms with Gasteiger partial charge in [0.05, 0.1) is 6.61 Å². The zero-order valence-corrected chi connectivity index (χ0v) is 17.2. The van der Waals surface area contributed by atoms with Gasteiger partial charge in [-0.25, -0.2) is 4.79 Å². The van der Waals surface area contributed by atoms with Crippen LogP contribution in [0.15, 0.2) is 60.7 Å². The summed E-state index contributed by atoms with van der Waals surface area (Å²) in [4.78, 5) is 11.0. The first-order chi connectivity index (χ1) is 12.8. The summed E-state index contributed by atoms with van der Waals surface area (Å²) in [7, 11) is -2.62. The number of carbonyl (C=O) groups excluding carboxylic acids is 1. The molecule has 5 nitrogen and oxygen atoms in total. The van der Waals surface area contributed by atoms with Crippen LogP contribution in [-0.4, -0.2) is 38.8 Å². The summed E-state index contributed by atoms with van der Waals surface area (Å²) in [6.45, 7) is 6.66. The highest BCUT2D eigenvalue weighted by atomic mass is 28.4. The average Bonchev–Trinajstić information content (AvgIpc) is 2.64. The van der Waals surface area contributed by atoms with Crippen molar-refractivity contribution >= 4 is 24.8 Å². The molecule has 3 N–H and O–H groups in total. The molecule has 2 rings (SSSR count). The lowest BCUT2D eigenvalue weighted by Crippen LogP contribution is -2.66. The van der Waals surface area contributed by atoms with Gasteiger partial charge in [-0.1, -0.05) is 81.4 Å². The maximum absolute atomic E-state index is 11.0. The first kappa shape index (κ1) is 21.2. The Morgan fingerprint density at radius 2 is 1.52 bits per heavy atom. The Kier molecular flexibility index (Phi) is 7.18. The van der Waals surface area contributed by atoms with Crippen LogP contribution in [0.1, 0.15) is 27.2 Å². The Bertz CT molecular complexity index is 676. The number of hydrogen-bond donors (Lipinski definition) is 2. The minimum atomic E-state index is -2.62. The van der Waals surface area contributed by atoms with E-state index in [1.165, 1.54) is 10.4 Å². The zero-order chi connectivity index (χ0) is 19.9. The van der Waals surface area contributed by atoms with Gasteiger partial charge in [0, 0.05) is 13.0 Å². The first-order valence-electron chi connectivity index (χ1n) is 9.13. The van der Waals surface area contributed by atoms with Gasteiger partial charge in [-0.3, -0.25) is 0 Å². The second kappa shape index (κ2) is 9.17. The summed E-state index contributed by atoms with van der Waals surface area (Å²) in [6.07, 6.45) is -1.18. The third-order valence-corrected chi connectivity index (χ3v) is 9.70. The van der Waals surface area contributed by atoms with Crippen LogP contribution in [0.4, 0.5) is 4.79 Å². The number of ether oxygens (including phenoxy) is 1. The van der Waals surface area contributed by atoms with E-state index in [2.05, 4.69) is 45.0 Å². The lowest BCUT2D eigenvalue weighted by Gasteiger charge is -2.43. The summed E-state index contributed by atoms with van der Waals surface area (Å²) in [6, 6.07) is 20.6. The molecule has 0 aromatic heterocycles. The molecule has 0 spiro atoms. The van der Waals surface area contributed by atoms with Crippen LogP contribution >= 0.6 is 0 Å². The first-order valence-corrected chi connectivity index (χ1v) is 11.0. The van der Waals surface area contributed by atoms with Gasteiger partial charge < -0.3 is 20.0 Å². The van der Waals surface area contributed by atoms with Crippen LogP contribution in [0.3, 0.4) is 0 Å². The predicted molar refractivity (Wildman–Crippen MR) is 110 cm³/mol. The van der Waals surface area contributed by atoms with Gasteiger partial charge in [-0.05, 0) is 15.4 Å². The largest absolute Gasteiger partial charge is 0.444 e. The maximum atomic E-state index is 11.0. The molecule has 0 saturated heterocycles. The van der Waals surface area contributed by atoms with E-state index in [0.717, 1.165) is 0 Å². The summed E-state index contributed by atoms with van der Waals surface area (Å²) >= 11 is 0. The number of aliphatic hydroxyl groups is 1. The molecule has 27 heavy (non-hydrogen) atoms. The molecule has 0 bridgehead atoms. The summed E-state index contributed by atoms with van der Waals surface area (Å²) in [5, 5.41) is 11.7. The number of primary amides is 1. The van der Waals surface area contributed by atoms with Gasteiger partial charge in [0.25, 0.3) is 8.32 Å². The van der Waals surface area contributed by atoms with Crippen molar-refractivity contribution in [1.82, 2.24) is 0 Å². The molecule has 2 aromatic rings. The number of aliphatic hydroxyl groups excluding tert-OH is 1. The van der Waals surface area contributed by atoms with E-state index in [0.29, 0.717) is 13.0 Å². The Balaban J connectivity index is 2.39. The molecular formula is C21H29NO4Si. The Hall–Kier alpha value is -2.15. The van der Waals surface area contributed by atoms with Crippen LogP contribution in [0.2, 0.25) is 5.04 Å². The number of nitrogens with two attached hydrogens (primary N) is 1. The van der Waals surface area contributed by atoms with E-state index in [4.69, 9.17) is 14.9 Å². The van der Waals surface area contributed by atoms with Gasteiger partial charge in [-0.2, -0.15) is 0 Å². The quantitative estimate of drug-likeness (QED) is 0.682. The topological polar surface area (TPSA) is 81.8 Å². The van der Waals surface area contributed by atoms with Crippen LogP contribution in [-0.2, 0) is 9.16 Å². The molecule has 0 saturated carbocycles. The molecule has 0 aliphatic rings. The molecule has 0 heterocycles. The summed E-state index contributed by atoms with van der Waals surface area (Å²) in [5.41, 5.74) is 5.07. The third-order valence-electron chi connectivity index (χ3n) is 4.66. The molecule has 146 valence electrons. The van der Waals surface area contributed by atoms with Crippen molar-refractivity contribution in [3.63, 3.8) is 0 Å². The van der Waals surface area contributed by atoms with Crippen LogP contribution in [0.5, 0.6) is 0 Å². The molecular weight excluding hydrogens is 358 g/mol. The van der Waals surface area contributed by atoms with Gasteiger partial charge in [-0.15, -0.1) is 0 Å². The third kappa shape index (κ3) is 4.97. The minimum absolute atomic E-state index is 0.130. The van der Waals surface area contributed by atoms with E-state index < -0.39 is 20.5 Å². The Labute approximate surface area is 162 Å². The standard InChI is InChI=1S/C21H29NO4Si/c1-21(2,3)27(18-10-6-4-7-11-18,19-12-8-5-9-13-19)25-15-14-17(16-23)26-20(22)24/h4-13,17,23H,14-16H2,1-3H3,(H2,22,24)/t17-/m0/s1. The van der Waals surface area contributed by atoms with Crippen molar-refractivity contribution < 1.29 is 19.1 Å². The van der Waals surface area contributed by atoms with Crippen molar-refractivity contribution in [2.24, 2.45) is 5.73 Å². The maximum Gasteiger partial charge on any atom is 0.404 e. The Morgan fingerprint density at radius 3 is 1.89 bits per heavy atom. The molecule has 2 aromatic carbocycles. The molecule has 1 atom stereocenters. The van der Waals surface area contributed by atoms with Gasteiger partial charge in [0.15, 0.2) is 0 Å². The molecule has 0 radical (unpaired) electrons. The highest BCUT2D eigenvalue weighted by molar-refractivity contribution is 6.99. The average molecular weight is 388 g/mol. The lowest BCUT2D eigenvalue weighted by molar-refractivity contribution is 0.0492. The van der Waals surface area contributed by atoms with Gasteiger partial charge in [0.1, 0.15) is 6.10 Å². The number of amides is 1. The van der Waals surface area contributed by atoms with Crippen molar-refractivity contribution in [1.29, 1.82) is 0 Å². The fourth-order valence-electron chi connectivity index (χ4n) is 3.46. The second-order valence-corrected chi connectivity index (χ2v) is 11.8. The molecule has 0 fully saturated rings. The minimum Gasteiger partial charge on any atom is -0.444 e. The fraction of sp³-hybridized carbons (Fsp3) is 0.381. The summed E-state index contributed by atoms with van der Waals surface area (Å²) < 4.78 is 11.6. The SMILES string of the molecule is CC(C)(C)[Si](OCC[C@@H](CO)OC(N)=O)(c1ccccc1)c1ccccc1. The highest BCUT2D eigenvalue weighted by Gasteiger charge is 2.50. The number of carbonyl (C=O) groups is 1.